The van der Waals surface area contributed by atoms with E-state index in [0.717, 1.165) is 21.7 Å². The zero-order chi connectivity index (χ0) is 20.9. The van der Waals surface area contributed by atoms with Crippen molar-refractivity contribution in [3.63, 3.8) is 0 Å². The third-order valence-corrected chi connectivity index (χ3v) is 5.47. The van der Waals surface area contributed by atoms with E-state index in [-0.39, 0.29) is 0 Å². The van der Waals surface area contributed by atoms with Crippen molar-refractivity contribution in [3.05, 3.63) is 84.4 Å². The Labute approximate surface area is 171 Å². The zero-order valence-corrected chi connectivity index (χ0v) is 16.9. The maximum atomic E-state index is 12.4. The Morgan fingerprint density at radius 1 is 0.897 bits per heavy atom. The summed E-state index contributed by atoms with van der Waals surface area (Å²) in [5, 5.41) is 2.73. The van der Waals surface area contributed by atoms with Crippen molar-refractivity contribution in [3.8, 4) is 23.0 Å². The molecule has 0 aliphatic rings. The van der Waals surface area contributed by atoms with E-state index in [1.165, 1.54) is 7.05 Å². The molecule has 1 amide bonds. The third kappa shape index (κ3) is 5.24. The topological polar surface area (TPSA) is 66.5 Å². The van der Waals surface area contributed by atoms with Crippen LogP contribution >= 0.6 is 0 Å². The van der Waals surface area contributed by atoms with Crippen molar-refractivity contribution in [2.45, 2.75) is 0 Å². The van der Waals surface area contributed by atoms with Crippen LogP contribution in [-0.2, 0) is 14.8 Å². The number of hydrogen-bond acceptors (Lipinski definition) is 3. The molecule has 3 aromatic carbocycles. The van der Waals surface area contributed by atoms with E-state index in [2.05, 4.69) is 17.2 Å². The molecule has 0 saturated carbocycles. The maximum Gasteiger partial charge on any atom is 0.300 e. The van der Waals surface area contributed by atoms with Gasteiger partial charge in [0, 0.05) is 18.5 Å². The molecular weight excluding hydrogens is 384 g/mol. The van der Waals surface area contributed by atoms with Gasteiger partial charge in [0.15, 0.2) is 0 Å². The lowest BCUT2D eigenvalue weighted by atomic mass is 10.0. The number of carbonyl (C=O) groups is 1. The van der Waals surface area contributed by atoms with Crippen LogP contribution in [0.2, 0.25) is 0 Å². The van der Waals surface area contributed by atoms with Gasteiger partial charge in [0.05, 0.1) is 17.6 Å². The first-order chi connectivity index (χ1) is 13.8. The molecule has 5 nitrogen and oxygen atoms in total. The normalized spacial score (nSPS) is 10.6. The standard InChI is InChI=1S/C23H20N2O3S/c1-25(29(2,27)28)22-15-14-20(19-11-7-4-8-12-19)17-21(22)24-23(26)16-13-18-9-5-3-6-10-18/h3-12,14-15,17H,1-2H3,(H,24,26). The fraction of sp³-hybridized carbons (Fsp3) is 0.0870. The molecule has 0 unspecified atom stereocenters. The van der Waals surface area contributed by atoms with Gasteiger partial charge >= 0.3 is 5.91 Å². The summed E-state index contributed by atoms with van der Waals surface area (Å²) in [6.07, 6.45) is 1.11. The number of rotatable bonds is 4. The summed E-state index contributed by atoms with van der Waals surface area (Å²) in [5.41, 5.74) is 3.25. The van der Waals surface area contributed by atoms with E-state index in [1.54, 1.807) is 24.3 Å². The monoisotopic (exact) mass is 404 g/mol. The van der Waals surface area contributed by atoms with Gasteiger partial charge in [0.2, 0.25) is 10.0 Å². The number of anilines is 2. The fourth-order valence-corrected chi connectivity index (χ4v) is 3.22. The van der Waals surface area contributed by atoms with Crippen LogP contribution < -0.4 is 9.62 Å². The van der Waals surface area contributed by atoms with Gasteiger partial charge in [-0.25, -0.2) is 8.42 Å². The Morgan fingerprint density at radius 2 is 1.52 bits per heavy atom. The molecular formula is C23H20N2O3S. The first-order valence-electron chi connectivity index (χ1n) is 8.86. The summed E-state index contributed by atoms with van der Waals surface area (Å²) < 4.78 is 25.2. The highest BCUT2D eigenvalue weighted by Crippen LogP contribution is 2.32. The summed E-state index contributed by atoms with van der Waals surface area (Å²) in [6, 6.07) is 24.0. The van der Waals surface area contributed by atoms with Crippen molar-refractivity contribution >= 4 is 27.3 Å². The number of sulfonamides is 1. The van der Waals surface area contributed by atoms with Gasteiger partial charge in [0.1, 0.15) is 0 Å². The minimum absolute atomic E-state index is 0.363. The van der Waals surface area contributed by atoms with Crippen LogP contribution in [0.15, 0.2) is 78.9 Å². The van der Waals surface area contributed by atoms with Crippen LogP contribution in [0.25, 0.3) is 11.1 Å². The van der Waals surface area contributed by atoms with Crippen molar-refractivity contribution < 1.29 is 13.2 Å². The molecule has 0 radical (unpaired) electrons. The van der Waals surface area contributed by atoms with Crippen LogP contribution in [0, 0.1) is 11.8 Å². The van der Waals surface area contributed by atoms with Gasteiger partial charge in [-0.2, -0.15) is 0 Å². The third-order valence-electron chi connectivity index (χ3n) is 4.28. The van der Waals surface area contributed by atoms with Gasteiger partial charge in [-0.15, -0.1) is 0 Å². The molecule has 3 rings (SSSR count). The SMILES string of the molecule is CN(c1ccc(-c2ccccc2)cc1NC(=O)C#Cc1ccccc1)S(C)(=O)=O. The van der Waals surface area contributed by atoms with Crippen LogP contribution in [0.1, 0.15) is 5.56 Å². The second-order valence-corrected chi connectivity index (χ2v) is 8.41. The van der Waals surface area contributed by atoms with Gasteiger partial charge < -0.3 is 5.32 Å². The highest BCUT2D eigenvalue weighted by molar-refractivity contribution is 7.92. The van der Waals surface area contributed by atoms with E-state index in [9.17, 15) is 13.2 Å². The molecule has 0 heterocycles. The highest BCUT2D eigenvalue weighted by Gasteiger charge is 2.17. The molecule has 0 aromatic heterocycles. The molecule has 0 fully saturated rings. The lowest BCUT2D eigenvalue weighted by Crippen LogP contribution is -2.26. The minimum atomic E-state index is -3.50. The number of hydrogen-bond donors (Lipinski definition) is 1. The molecule has 0 bridgehead atoms. The van der Waals surface area contributed by atoms with E-state index in [1.807, 2.05) is 54.6 Å². The molecule has 1 N–H and O–H groups in total. The summed E-state index contributed by atoms with van der Waals surface area (Å²) in [5.74, 6) is 4.81. The summed E-state index contributed by atoms with van der Waals surface area (Å²) in [6.45, 7) is 0. The van der Waals surface area contributed by atoms with Gasteiger partial charge in [-0.05, 0) is 35.4 Å². The van der Waals surface area contributed by atoms with E-state index in [4.69, 9.17) is 0 Å². The van der Waals surface area contributed by atoms with Crippen molar-refractivity contribution in [1.82, 2.24) is 0 Å². The van der Waals surface area contributed by atoms with Crippen LogP contribution in [-0.4, -0.2) is 27.6 Å². The Kier molecular flexibility index (Phi) is 6.01. The number of amides is 1. The molecule has 3 aromatic rings. The van der Waals surface area contributed by atoms with E-state index in [0.29, 0.717) is 16.9 Å². The molecule has 0 aliphatic carbocycles. The highest BCUT2D eigenvalue weighted by atomic mass is 32.2. The first-order valence-corrected chi connectivity index (χ1v) is 10.7. The van der Waals surface area contributed by atoms with Crippen LogP contribution in [0.4, 0.5) is 11.4 Å². The lowest BCUT2D eigenvalue weighted by Gasteiger charge is -2.21. The van der Waals surface area contributed by atoms with E-state index >= 15 is 0 Å². The van der Waals surface area contributed by atoms with Crippen molar-refractivity contribution in [1.29, 1.82) is 0 Å². The van der Waals surface area contributed by atoms with Gasteiger partial charge in [-0.3, -0.25) is 9.10 Å². The quantitative estimate of drug-likeness (QED) is 0.674. The second-order valence-electron chi connectivity index (χ2n) is 6.40. The Morgan fingerprint density at radius 3 is 2.14 bits per heavy atom. The fourth-order valence-electron chi connectivity index (χ4n) is 2.70. The predicted molar refractivity (Wildman–Crippen MR) is 117 cm³/mol. The molecule has 0 atom stereocenters. The van der Waals surface area contributed by atoms with E-state index < -0.39 is 15.9 Å². The van der Waals surface area contributed by atoms with Crippen LogP contribution in [0.5, 0.6) is 0 Å². The van der Waals surface area contributed by atoms with Gasteiger partial charge in [0.25, 0.3) is 0 Å². The summed E-state index contributed by atoms with van der Waals surface area (Å²) in [4.78, 5) is 12.4. The van der Waals surface area contributed by atoms with Crippen molar-refractivity contribution in [2.24, 2.45) is 0 Å². The maximum absolute atomic E-state index is 12.4. The molecule has 146 valence electrons. The number of benzene rings is 3. The number of nitrogens with one attached hydrogen (secondary N) is 1. The molecule has 0 saturated heterocycles. The predicted octanol–water partition coefficient (Wildman–Crippen LogP) is 3.74. The summed E-state index contributed by atoms with van der Waals surface area (Å²) in [7, 11) is -2.06. The largest absolute Gasteiger partial charge is 0.313 e. The molecule has 6 heteroatoms. The number of nitrogens with zero attached hydrogens (tertiary/aromatic N) is 1. The Bertz CT molecular complexity index is 1180. The average Bonchev–Trinajstić information content (AvgIpc) is 2.72. The van der Waals surface area contributed by atoms with Gasteiger partial charge in [-0.1, -0.05) is 60.5 Å². The van der Waals surface area contributed by atoms with Crippen LogP contribution in [0.3, 0.4) is 0 Å². The molecule has 0 aliphatic heterocycles. The Hall–Kier alpha value is -3.56. The summed E-state index contributed by atoms with van der Waals surface area (Å²) >= 11 is 0. The lowest BCUT2D eigenvalue weighted by molar-refractivity contribution is -0.111. The second kappa shape index (κ2) is 8.63. The first kappa shape index (κ1) is 20.2. The minimum Gasteiger partial charge on any atom is -0.313 e. The molecule has 29 heavy (non-hydrogen) atoms. The average molecular weight is 404 g/mol. The smallest absolute Gasteiger partial charge is 0.300 e. The number of carbonyl (C=O) groups excluding carboxylic acids is 1. The Balaban J connectivity index is 1.97. The van der Waals surface area contributed by atoms with Crippen molar-refractivity contribution in [2.75, 3.05) is 22.9 Å². The molecule has 0 spiro atoms. The zero-order valence-electron chi connectivity index (χ0n) is 16.1.